The van der Waals surface area contributed by atoms with Crippen molar-refractivity contribution in [3.63, 3.8) is 0 Å². The Balaban J connectivity index is 1.89. The van der Waals surface area contributed by atoms with Crippen molar-refractivity contribution in [2.24, 2.45) is 0 Å². The number of nitrogens with one attached hydrogen (secondary N) is 1. The van der Waals surface area contributed by atoms with Crippen LogP contribution in [0.15, 0.2) is 18.3 Å². The fourth-order valence-electron chi connectivity index (χ4n) is 3.11. The number of piperidine rings is 1. The molecule has 118 valence electrons. The van der Waals surface area contributed by atoms with Crippen molar-refractivity contribution in [3.05, 3.63) is 29.6 Å². The molecule has 2 heterocycles. The van der Waals surface area contributed by atoms with Crippen LogP contribution < -0.4 is 5.32 Å². The summed E-state index contributed by atoms with van der Waals surface area (Å²) in [6, 6.07) is 5.71. The van der Waals surface area contributed by atoms with E-state index in [0.29, 0.717) is 6.04 Å². The van der Waals surface area contributed by atoms with E-state index in [1.807, 2.05) is 6.20 Å². The van der Waals surface area contributed by atoms with Crippen molar-refractivity contribution in [1.82, 2.24) is 15.2 Å². The lowest BCUT2D eigenvalue weighted by molar-refractivity contribution is 0.130. The molecule has 3 nitrogen and oxygen atoms in total. The highest BCUT2D eigenvalue weighted by Crippen LogP contribution is 2.22. The molecule has 1 fully saturated rings. The van der Waals surface area contributed by atoms with E-state index in [1.54, 1.807) is 0 Å². The molecule has 1 aromatic rings. The number of hydrogen-bond donors (Lipinski definition) is 1. The molecule has 0 amide bonds. The molecule has 1 N–H and O–H groups in total. The summed E-state index contributed by atoms with van der Waals surface area (Å²) in [6.45, 7) is 9.80. The summed E-state index contributed by atoms with van der Waals surface area (Å²) in [6.07, 6.45) is 8.75. The average molecular weight is 289 g/mol. The van der Waals surface area contributed by atoms with Crippen LogP contribution >= 0.6 is 0 Å². The fraction of sp³-hybridized carbons (Fsp3) is 0.722. The van der Waals surface area contributed by atoms with Gasteiger partial charge in [-0.25, -0.2) is 0 Å². The maximum absolute atomic E-state index is 4.66. The molecule has 1 aliphatic rings. The highest BCUT2D eigenvalue weighted by molar-refractivity contribution is 5.14. The first-order valence-corrected chi connectivity index (χ1v) is 8.60. The quantitative estimate of drug-likeness (QED) is 0.829. The summed E-state index contributed by atoms with van der Waals surface area (Å²) < 4.78 is 0. The Labute approximate surface area is 130 Å². The van der Waals surface area contributed by atoms with Crippen molar-refractivity contribution in [1.29, 1.82) is 0 Å². The van der Waals surface area contributed by atoms with Gasteiger partial charge in [0.1, 0.15) is 0 Å². The van der Waals surface area contributed by atoms with Crippen molar-refractivity contribution in [2.75, 3.05) is 6.54 Å². The van der Waals surface area contributed by atoms with Crippen molar-refractivity contribution >= 4 is 0 Å². The Morgan fingerprint density at radius 1 is 1.33 bits per heavy atom. The molecule has 0 bridgehead atoms. The standard InChI is InChI=1S/C18H31N3/c1-4-7-18-8-5-6-11-21(18)14-17-10-9-16(13-20-17)12-19-15(2)3/h9-10,13,15,18-19H,4-8,11-12,14H2,1-3H3. The zero-order valence-corrected chi connectivity index (χ0v) is 13.9. The lowest BCUT2D eigenvalue weighted by atomic mass is 9.98. The monoisotopic (exact) mass is 289 g/mol. The molecule has 1 aliphatic heterocycles. The number of likely N-dealkylation sites (tertiary alicyclic amines) is 1. The zero-order valence-electron chi connectivity index (χ0n) is 13.9. The number of nitrogens with zero attached hydrogens (tertiary/aromatic N) is 2. The molecular weight excluding hydrogens is 258 g/mol. The second-order valence-corrected chi connectivity index (χ2v) is 6.60. The SMILES string of the molecule is CCCC1CCCCN1Cc1ccc(CNC(C)C)cn1. The van der Waals surface area contributed by atoms with Crippen molar-refractivity contribution in [3.8, 4) is 0 Å². The van der Waals surface area contributed by atoms with Crippen molar-refractivity contribution in [2.45, 2.75) is 78.0 Å². The Hall–Kier alpha value is -0.930. The molecule has 0 aromatic carbocycles. The molecule has 0 aliphatic carbocycles. The summed E-state index contributed by atoms with van der Waals surface area (Å²) in [5.74, 6) is 0. The van der Waals surface area contributed by atoms with Crippen LogP contribution in [0.5, 0.6) is 0 Å². The van der Waals surface area contributed by atoms with E-state index in [1.165, 1.54) is 49.9 Å². The molecule has 21 heavy (non-hydrogen) atoms. The summed E-state index contributed by atoms with van der Waals surface area (Å²) in [5.41, 5.74) is 2.49. The van der Waals surface area contributed by atoms with Gasteiger partial charge in [-0.1, -0.05) is 39.7 Å². The van der Waals surface area contributed by atoms with Crippen LogP contribution in [0, 0.1) is 0 Å². The van der Waals surface area contributed by atoms with Crippen molar-refractivity contribution < 1.29 is 0 Å². The van der Waals surface area contributed by atoms with Gasteiger partial charge in [-0.05, 0) is 37.4 Å². The summed E-state index contributed by atoms with van der Waals surface area (Å²) in [5, 5.41) is 3.44. The van der Waals surface area contributed by atoms with Gasteiger partial charge in [0.15, 0.2) is 0 Å². The fourth-order valence-corrected chi connectivity index (χ4v) is 3.11. The molecule has 1 unspecified atom stereocenters. The largest absolute Gasteiger partial charge is 0.310 e. The van der Waals surface area contributed by atoms with Gasteiger partial charge in [-0.2, -0.15) is 0 Å². The lowest BCUT2D eigenvalue weighted by Crippen LogP contribution is -2.39. The first-order valence-electron chi connectivity index (χ1n) is 8.60. The normalized spacial score (nSPS) is 20.1. The van der Waals surface area contributed by atoms with Gasteiger partial charge in [0.25, 0.3) is 0 Å². The van der Waals surface area contributed by atoms with E-state index in [0.717, 1.165) is 19.1 Å². The number of hydrogen-bond acceptors (Lipinski definition) is 3. The predicted molar refractivity (Wildman–Crippen MR) is 89.2 cm³/mol. The van der Waals surface area contributed by atoms with Gasteiger partial charge >= 0.3 is 0 Å². The molecule has 2 rings (SSSR count). The van der Waals surface area contributed by atoms with Crippen LogP contribution in [0.25, 0.3) is 0 Å². The van der Waals surface area contributed by atoms with Crippen LogP contribution in [0.1, 0.15) is 64.1 Å². The van der Waals surface area contributed by atoms with E-state index in [4.69, 9.17) is 0 Å². The van der Waals surface area contributed by atoms with Gasteiger partial charge in [0, 0.05) is 31.4 Å². The summed E-state index contributed by atoms with van der Waals surface area (Å²) >= 11 is 0. The topological polar surface area (TPSA) is 28.2 Å². The van der Waals surface area contributed by atoms with E-state index in [9.17, 15) is 0 Å². The molecule has 0 saturated carbocycles. The maximum atomic E-state index is 4.66. The van der Waals surface area contributed by atoms with Gasteiger partial charge in [0.05, 0.1) is 5.69 Å². The Morgan fingerprint density at radius 2 is 2.19 bits per heavy atom. The van der Waals surface area contributed by atoms with Gasteiger partial charge in [0.2, 0.25) is 0 Å². The zero-order chi connectivity index (χ0) is 15.1. The Kier molecular flexibility index (Phi) is 6.65. The van der Waals surface area contributed by atoms with Gasteiger partial charge in [-0.3, -0.25) is 9.88 Å². The Bertz CT molecular complexity index is 397. The molecule has 1 saturated heterocycles. The van der Waals surface area contributed by atoms with Crippen LogP contribution in [-0.2, 0) is 13.1 Å². The highest BCUT2D eigenvalue weighted by Gasteiger charge is 2.21. The van der Waals surface area contributed by atoms with Crippen LogP contribution in [0.4, 0.5) is 0 Å². The summed E-state index contributed by atoms with van der Waals surface area (Å²) in [4.78, 5) is 7.30. The van der Waals surface area contributed by atoms with E-state index in [2.05, 4.69) is 48.1 Å². The Morgan fingerprint density at radius 3 is 2.86 bits per heavy atom. The lowest BCUT2D eigenvalue weighted by Gasteiger charge is -2.35. The molecule has 3 heteroatoms. The minimum atomic E-state index is 0.521. The third-order valence-corrected chi connectivity index (χ3v) is 4.34. The van der Waals surface area contributed by atoms with Crippen LogP contribution in [0.2, 0.25) is 0 Å². The highest BCUT2D eigenvalue weighted by atomic mass is 15.2. The second kappa shape index (κ2) is 8.50. The molecular formula is C18H31N3. The average Bonchev–Trinajstić information content (AvgIpc) is 2.49. The molecule has 1 atom stereocenters. The first-order chi connectivity index (χ1) is 10.2. The van der Waals surface area contributed by atoms with Crippen LogP contribution in [0.3, 0.4) is 0 Å². The van der Waals surface area contributed by atoms with Crippen LogP contribution in [-0.4, -0.2) is 28.5 Å². The van der Waals surface area contributed by atoms with Gasteiger partial charge in [-0.15, -0.1) is 0 Å². The van der Waals surface area contributed by atoms with Gasteiger partial charge < -0.3 is 5.32 Å². The smallest absolute Gasteiger partial charge is 0.0544 e. The summed E-state index contributed by atoms with van der Waals surface area (Å²) in [7, 11) is 0. The first kappa shape index (κ1) is 16.4. The third-order valence-electron chi connectivity index (χ3n) is 4.34. The number of aromatic nitrogens is 1. The minimum absolute atomic E-state index is 0.521. The predicted octanol–water partition coefficient (Wildman–Crippen LogP) is 3.73. The molecule has 0 spiro atoms. The number of pyridine rings is 1. The van der Waals surface area contributed by atoms with E-state index >= 15 is 0 Å². The third kappa shape index (κ3) is 5.40. The minimum Gasteiger partial charge on any atom is -0.310 e. The molecule has 1 aromatic heterocycles. The van der Waals surface area contributed by atoms with E-state index < -0.39 is 0 Å². The molecule has 0 radical (unpaired) electrons. The van der Waals surface area contributed by atoms with E-state index in [-0.39, 0.29) is 0 Å². The second-order valence-electron chi connectivity index (χ2n) is 6.60. The number of rotatable bonds is 7. The maximum Gasteiger partial charge on any atom is 0.0544 e.